The van der Waals surface area contributed by atoms with Gasteiger partial charge in [-0.15, -0.1) is 0 Å². The van der Waals surface area contributed by atoms with Crippen LogP contribution < -0.4 is 5.32 Å². The SMILES string of the molecule is CC(C)CC1CSC(NC2Cc3ccccc3C2)=N1. The third-order valence-electron chi connectivity index (χ3n) is 3.83. The summed E-state index contributed by atoms with van der Waals surface area (Å²) in [6.45, 7) is 4.55. The van der Waals surface area contributed by atoms with Crippen LogP contribution in [0.15, 0.2) is 29.3 Å². The van der Waals surface area contributed by atoms with Crippen LogP contribution in [-0.2, 0) is 12.8 Å². The lowest BCUT2D eigenvalue weighted by Gasteiger charge is -2.12. The standard InChI is InChI=1S/C16H22N2S/c1-11(2)7-15-10-19-16(18-15)17-14-8-12-5-3-4-6-13(12)9-14/h3-6,11,14-15H,7-10H2,1-2H3,(H,17,18). The number of rotatable bonds is 3. The van der Waals surface area contributed by atoms with Crippen molar-refractivity contribution in [2.45, 2.75) is 45.2 Å². The minimum atomic E-state index is 0.524. The molecule has 1 aromatic carbocycles. The Morgan fingerprint density at radius 1 is 1.26 bits per heavy atom. The van der Waals surface area contributed by atoms with E-state index in [1.54, 1.807) is 0 Å². The Morgan fingerprint density at radius 2 is 1.95 bits per heavy atom. The van der Waals surface area contributed by atoms with E-state index in [1.807, 2.05) is 11.8 Å². The van der Waals surface area contributed by atoms with Gasteiger partial charge >= 0.3 is 0 Å². The van der Waals surface area contributed by atoms with Gasteiger partial charge in [0.05, 0.1) is 6.04 Å². The van der Waals surface area contributed by atoms with E-state index in [-0.39, 0.29) is 0 Å². The Kier molecular flexibility index (Phi) is 3.83. The maximum Gasteiger partial charge on any atom is 0.157 e. The molecule has 3 rings (SSSR count). The first-order valence-corrected chi connectivity index (χ1v) is 8.23. The van der Waals surface area contributed by atoms with Crippen molar-refractivity contribution < 1.29 is 0 Å². The van der Waals surface area contributed by atoms with Gasteiger partial charge in [-0.3, -0.25) is 4.99 Å². The minimum absolute atomic E-state index is 0.524. The highest BCUT2D eigenvalue weighted by molar-refractivity contribution is 8.14. The van der Waals surface area contributed by atoms with Crippen LogP contribution in [0.4, 0.5) is 0 Å². The Bertz CT molecular complexity index is 456. The van der Waals surface area contributed by atoms with E-state index in [2.05, 4.69) is 43.4 Å². The molecular weight excluding hydrogens is 252 g/mol. The van der Waals surface area contributed by atoms with Crippen LogP contribution in [0.5, 0.6) is 0 Å². The number of hydrogen-bond acceptors (Lipinski definition) is 3. The first-order chi connectivity index (χ1) is 9.20. The first kappa shape index (κ1) is 13.0. The Labute approximate surface area is 120 Å². The average molecular weight is 274 g/mol. The number of nitrogens with zero attached hydrogens (tertiary/aromatic N) is 1. The molecular formula is C16H22N2S. The molecule has 0 saturated carbocycles. The van der Waals surface area contributed by atoms with Crippen molar-refractivity contribution in [2.24, 2.45) is 10.9 Å². The number of benzene rings is 1. The van der Waals surface area contributed by atoms with Crippen molar-refractivity contribution in [3.63, 3.8) is 0 Å². The number of amidine groups is 1. The molecule has 0 fully saturated rings. The fourth-order valence-electron chi connectivity index (χ4n) is 2.99. The topological polar surface area (TPSA) is 24.4 Å². The van der Waals surface area contributed by atoms with Gasteiger partial charge in [0.25, 0.3) is 0 Å². The smallest absolute Gasteiger partial charge is 0.157 e. The number of aliphatic imine (C=N–C) groups is 1. The third kappa shape index (κ3) is 3.14. The van der Waals surface area contributed by atoms with E-state index in [4.69, 9.17) is 4.99 Å². The van der Waals surface area contributed by atoms with Crippen LogP contribution >= 0.6 is 11.8 Å². The highest BCUT2D eigenvalue weighted by Gasteiger charge is 2.25. The zero-order valence-corrected chi connectivity index (χ0v) is 12.5. The third-order valence-corrected chi connectivity index (χ3v) is 4.88. The second-order valence-electron chi connectivity index (χ2n) is 6.05. The van der Waals surface area contributed by atoms with Crippen molar-refractivity contribution in [3.8, 4) is 0 Å². The molecule has 3 heteroatoms. The summed E-state index contributed by atoms with van der Waals surface area (Å²) in [6.07, 6.45) is 3.50. The van der Waals surface area contributed by atoms with Crippen molar-refractivity contribution in [2.75, 3.05) is 5.75 Å². The normalized spacial score (nSPS) is 22.7. The van der Waals surface area contributed by atoms with Gasteiger partial charge in [-0.25, -0.2) is 0 Å². The van der Waals surface area contributed by atoms with Crippen molar-refractivity contribution in [3.05, 3.63) is 35.4 Å². The van der Waals surface area contributed by atoms with Crippen LogP contribution in [0.25, 0.3) is 0 Å². The molecule has 0 spiro atoms. The molecule has 0 bridgehead atoms. The van der Waals surface area contributed by atoms with Gasteiger partial charge in [-0.2, -0.15) is 0 Å². The summed E-state index contributed by atoms with van der Waals surface area (Å²) >= 11 is 1.90. The van der Waals surface area contributed by atoms with Crippen LogP contribution in [-0.4, -0.2) is 23.0 Å². The summed E-state index contributed by atoms with van der Waals surface area (Å²) in [7, 11) is 0. The van der Waals surface area contributed by atoms with E-state index in [9.17, 15) is 0 Å². The van der Waals surface area contributed by atoms with Crippen molar-refractivity contribution in [1.82, 2.24) is 5.32 Å². The number of fused-ring (bicyclic) bond motifs is 1. The zero-order chi connectivity index (χ0) is 13.2. The summed E-state index contributed by atoms with van der Waals surface area (Å²) in [4.78, 5) is 4.82. The first-order valence-electron chi connectivity index (χ1n) is 7.24. The van der Waals surface area contributed by atoms with Gasteiger partial charge in [-0.1, -0.05) is 49.9 Å². The molecule has 1 aliphatic carbocycles. The molecule has 0 radical (unpaired) electrons. The lowest BCUT2D eigenvalue weighted by atomic mass is 10.1. The molecule has 1 aliphatic heterocycles. The lowest BCUT2D eigenvalue weighted by Crippen LogP contribution is -2.32. The zero-order valence-electron chi connectivity index (χ0n) is 11.7. The maximum absolute atomic E-state index is 4.82. The molecule has 1 atom stereocenters. The molecule has 2 nitrogen and oxygen atoms in total. The molecule has 19 heavy (non-hydrogen) atoms. The number of hydrogen-bond donors (Lipinski definition) is 1. The predicted octanol–water partition coefficient (Wildman–Crippen LogP) is 3.26. The van der Waals surface area contributed by atoms with E-state index in [1.165, 1.54) is 22.7 Å². The monoisotopic (exact) mass is 274 g/mol. The fraction of sp³-hybridized carbons (Fsp3) is 0.562. The molecule has 102 valence electrons. The summed E-state index contributed by atoms with van der Waals surface area (Å²) in [5, 5.41) is 4.81. The second kappa shape index (κ2) is 5.58. The number of nitrogens with one attached hydrogen (secondary N) is 1. The van der Waals surface area contributed by atoms with E-state index in [0.29, 0.717) is 12.1 Å². The highest BCUT2D eigenvalue weighted by Crippen LogP contribution is 2.25. The van der Waals surface area contributed by atoms with E-state index < -0.39 is 0 Å². The molecule has 1 N–H and O–H groups in total. The van der Waals surface area contributed by atoms with Crippen LogP contribution in [0, 0.1) is 5.92 Å². The van der Waals surface area contributed by atoms with Gasteiger partial charge in [-0.05, 0) is 36.3 Å². The van der Waals surface area contributed by atoms with Crippen molar-refractivity contribution >= 4 is 16.9 Å². The molecule has 2 aliphatic rings. The summed E-state index contributed by atoms with van der Waals surface area (Å²) in [6, 6.07) is 9.85. The Balaban J connectivity index is 1.57. The fourth-order valence-corrected chi connectivity index (χ4v) is 4.03. The largest absolute Gasteiger partial charge is 0.362 e. The average Bonchev–Trinajstić information content (AvgIpc) is 2.94. The molecule has 1 heterocycles. The molecule has 0 amide bonds. The van der Waals surface area contributed by atoms with Crippen LogP contribution in [0.1, 0.15) is 31.4 Å². The minimum Gasteiger partial charge on any atom is -0.362 e. The molecule has 1 unspecified atom stereocenters. The van der Waals surface area contributed by atoms with E-state index >= 15 is 0 Å². The van der Waals surface area contributed by atoms with Gasteiger partial charge < -0.3 is 5.32 Å². The quantitative estimate of drug-likeness (QED) is 0.915. The van der Waals surface area contributed by atoms with E-state index in [0.717, 1.165) is 24.5 Å². The molecule has 0 aromatic heterocycles. The summed E-state index contributed by atoms with van der Waals surface area (Å²) in [5.41, 5.74) is 3.00. The van der Waals surface area contributed by atoms with Gasteiger partial charge in [0.1, 0.15) is 0 Å². The maximum atomic E-state index is 4.82. The summed E-state index contributed by atoms with van der Waals surface area (Å²) in [5.74, 6) is 1.89. The van der Waals surface area contributed by atoms with Gasteiger partial charge in [0.15, 0.2) is 5.17 Å². The highest BCUT2D eigenvalue weighted by atomic mass is 32.2. The molecule has 1 aromatic rings. The van der Waals surface area contributed by atoms with Crippen LogP contribution in [0.2, 0.25) is 0 Å². The Hall–Kier alpha value is -0.960. The van der Waals surface area contributed by atoms with Gasteiger partial charge in [0.2, 0.25) is 0 Å². The lowest BCUT2D eigenvalue weighted by molar-refractivity contribution is 0.527. The van der Waals surface area contributed by atoms with Crippen LogP contribution in [0.3, 0.4) is 0 Å². The van der Waals surface area contributed by atoms with Crippen molar-refractivity contribution in [1.29, 1.82) is 0 Å². The molecule has 0 saturated heterocycles. The second-order valence-corrected chi connectivity index (χ2v) is 7.06. The number of thioether (sulfide) groups is 1. The summed E-state index contributed by atoms with van der Waals surface area (Å²) < 4.78 is 0. The predicted molar refractivity (Wildman–Crippen MR) is 83.9 cm³/mol. The van der Waals surface area contributed by atoms with Gasteiger partial charge in [0, 0.05) is 11.8 Å². The Morgan fingerprint density at radius 3 is 2.58 bits per heavy atom.